The molecule has 0 saturated heterocycles. The van der Waals surface area contributed by atoms with E-state index in [0.29, 0.717) is 12.0 Å². The number of thiophene rings is 1. The van der Waals surface area contributed by atoms with Gasteiger partial charge in [0, 0.05) is 10.8 Å². The monoisotopic (exact) mass is 335 g/mol. The number of amides is 1. The first-order valence-corrected chi connectivity index (χ1v) is 8.13. The van der Waals surface area contributed by atoms with Crippen molar-refractivity contribution in [3.05, 3.63) is 58.0 Å². The molecule has 2 rings (SSSR count). The third-order valence-corrected chi connectivity index (χ3v) is 4.40. The molecule has 2 aromatic rings. The number of benzene rings is 1. The van der Waals surface area contributed by atoms with Gasteiger partial charge in [-0.05, 0) is 35.6 Å². The van der Waals surface area contributed by atoms with Gasteiger partial charge in [-0.2, -0.15) is 0 Å². The highest BCUT2D eigenvalue weighted by atomic mass is 32.1. The summed E-state index contributed by atoms with van der Waals surface area (Å²) in [6.07, 6.45) is 0.357. The summed E-state index contributed by atoms with van der Waals surface area (Å²) in [5.41, 5.74) is 0.575. The van der Waals surface area contributed by atoms with Gasteiger partial charge in [0.05, 0.1) is 12.5 Å². The molecule has 0 fully saturated rings. The van der Waals surface area contributed by atoms with Crippen molar-refractivity contribution in [3.8, 4) is 0 Å². The van der Waals surface area contributed by atoms with Gasteiger partial charge in [0.1, 0.15) is 5.82 Å². The lowest BCUT2D eigenvalue weighted by molar-refractivity contribution is -0.137. The van der Waals surface area contributed by atoms with Crippen LogP contribution in [0.25, 0.3) is 0 Å². The minimum absolute atomic E-state index is 0.214. The van der Waals surface area contributed by atoms with Crippen LogP contribution < -0.4 is 5.32 Å². The number of carbonyl (C=O) groups is 2. The summed E-state index contributed by atoms with van der Waals surface area (Å²) in [7, 11) is 0. The third kappa shape index (κ3) is 5.17. The van der Waals surface area contributed by atoms with Crippen LogP contribution in [0.15, 0.2) is 41.8 Å². The third-order valence-electron chi connectivity index (χ3n) is 3.50. The minimum atomic E-state index is -1.02. The zero-order valence-electron chi connectivity index (χ0n) is 12.7. The van der Waals surface area contributed by atoms with Crippen LogP contribution in [0.5, 0.6) is 0 Å². The van der Waals surface area contributed by atoms with Crippen LogP contribution in [-0.4, -0.2) is 17.0 Å². The summed E-state index contributed by atoms with van der Waals surface area (Å²) in [5, 5.41) is 13.7. The maximum Gasteiger partial charge on any atom is 0.305 e. The summed E-state index contributed by atoms with van der Waals surface area (Å²) in [6, 6.07) is 8.71. The maximum absolute atomic E-state index is 13.0. The molecule has 1 aromatic carbocycles. The first kappa shape index (κ1) is 17.1. The molecule has 0 radical (unpaired) electrons. The van der Waals surface area contributed by atoms with Crippen molar-refractivity contribution in [3.63, 3.8) is 0 Å². The average molecular weight is 335 g/mol. The number of nitrogens with one attached hydrogen (secondary N) is 1. The second-order valence-electron chi connectivity index (χ2n) is 5.40. The number of rotatable bonds is 7. The Labute approximate surface area is 138 Å². The largest absolute Gasteiger partial charge is 0.481 e. The SMILES string of the molecule is CC(Cc1cccs1)C(=O)NC(CC(=O)O)c1ccc(F)cc1. The Balaban J connectivity index is 2.05. The van der Waals surface area contributed by atoms with Crippen molar-refractivity contribution in [1.29, 1.82) is 0 Å². The van der Waals surface area contributed by atoms with Gasteiger partial charge in [-0.1, -0.05) is 25.1 Å². The summed E-state index contributed by atoms with van der Waals surface area (Å²) in [6.45, 7) is 1.80. The second-order valence-corrected chi connectivity index (χ2v) is 6.43. The lowest BCUT2D eigenvalue weighted by Gasteiger charge is -2.20. The number of aliphatic carboxylic acids is 1. The van der Waals surface area contributed by atoms with Crippen molar-refractivity contribution < 1.29 is 19.1 Å². The molecule has 2 unspecified atom stereocenters. The van der Waals surface area contributed by atoms with E-state index in [0.717, 1.165) is 4.88 Å². The van der Waals surface area contributed by atoms with Gasteiger partial charge in [-0.15, -0.1) is 11.3 Å². The van der Waals surface area contributed by atoms with Gasteiger partial charge >= 0.3 is 5.97 Å². The molecule has 1 aromatic heterocycles. The Morgan fingerprint density at radius 2 is 1.96 bits per heavy atom. The molecule has 122 valence electrons. The average Bonchev–Trinajstić information content (AvgIpc) is 2.99. The van der Waals surface area contributed by atoms with Gasteiger partial charge in [-0.25, -0.2) is 4.39 Å². The van der Waals surface area contributed by atoms with Crippen LogP contribution in [0.3, 0.4) is 0 Å². The molecular formula is C17H18FNO3S. The highest BCUT2D eigenvalue weighted by Crippen LogP contribution is 2.20. The fraction of sp³-hybridized carbons (Fsp3) is 0.294. The highest BCUT2D eigenvalue weighted by molar-refractivity contribution is 7.09. The van der Waals surface area contributed by atoms with Crippen molar-refractivity contribution in [2.24, 2.45) is 5.92 Å². The summed E-state index contributed by atoms with van der Waals surface area (Å²) in [4.78, 5) is 24.5. The van der Waals surface area contributed by atoms with Gasteiger partial charge < -0.3 is 10.4 Å². The van der Waals surface area contributed by atoms with E-state index in [2.05, 4.69) is 5.32 Å². The number of hydrogen-bond acceptors (Lipinski definition) is 3. The molecule has 0 aliphatic rings. The number of carboxylic acids is 1. The molecule has 1 amide bonds. The van der Waals surface area contributed by atoms with Crippen molar-refractivity contribution in [2.45, 2.75) is 25.8 Å². The number of halogens is 1. The van der Waals surface area contributed by atoms with E-state index < -0.39 is 17.8 Å². The summed E-state index contributed by atoms with van der Waals surface area (Å²) >= 11 is 1.58. The van der Waals surface area contributed by atoms with E-state index >= 15 is 0 Å². The van der Waals surface area contributed by atoms with Gasteiger partial charge in [0.15, 0.2) is 0 Å². The first-order valence-electron chi connectivity index (χ1n) is 7.25. The van der Waals surface area contributed by atoms with Crippen molar-refractivity contribution in [1.82, 2.24) is 5.32 Å². The quantitative estimate of drug-likeness (QED) is 0.815. The number of carboxylic acid groups (broad SMARTS) is 1. The second kappa shape index (κ2) is 7.87. The minimum Gasteiger partial charge on any atom is -0.481 e. The molecule has 0 spiro atoms. The van der Waals surface area contributed by atoms with Crippen LogP contribution in [-0.2, 0) is 16.0 Å². The smallest absolute Gasteiger partial charge is 0.305 e. The van der Waals surface area contributed by atoms with E-state index in [-0.39, 0.29) is 18.2 Å². The lowest BCUT2D eigenvalue weighted by atomic mass is 10.0. The number of hydrogen-bond donors (Lipinski definition) is 2. The van der Waals surface area contributed by atoms with Crippen molar-refractivity contribution in [2.75, 3.05) is 0 Å². The Kier molecular flexibility index (Phi) is 5.87. The Hall–Kier alpha value is -2.21. The van der Waals surface area contributed by atoms with Crippen LogP contribution >= 0.6 is 11.3 Å². The van der Waals surface area contributed by atoms with Gasteiger partial charge in [0.2, 0.25) is 5.91 Å². The molecule has 0 saturated carbocycles. The first-order chi connectivity index (χ1) is 11.0. The molecule has 23 heavy (non-hydrogen) atoms. The Bertz CT molecular complexity index is 655. The maximum atomic E-state index is 13.0. The van der Waals surface area contributed by atoms with E-state index in [1.807, 2.05) is 17.5 Å². The molecule has 6 heteroatoms. The fourth-order valence-corrected chi connectivity index (χ4v) is 3.09. The number of carbonyl (C=O) groups excluding carboxylic acids is 1. The molecule has 4 nitrogen and oxygen atoms in total. The van der Waals surface area contributed by atoms with Crippen LogP contribution in [0, 0.1) is 11.7 Å². The van der Waals surface area contributed by atoms with Crippen LogP contribution in [0.2, 0.25) is 0 Å². The van der Waals surface area contributed by atoms with Crippen molar-refractivity contribution >= 4 is 23.2 Å². The summed E-state index contributed by atoms with van der Waals surface area (Å²) < 4.78 is 13.0. The molecule has 0 bridgehead atoms. The highest BCUT2D eigenvalue weighted by Gasteiger charge is 2.21. The zero-order chi connectivity index (χ0) is 16.8. The Morgan fingerprint density at radius 3 is 2.52 bits per heavy atom. The lowest BCUT2D eigenvalue weighted by Crippen LogP contribution is -2.34. The standard InChI is InChI=1S/C17H18FNO3S/c1-11(9-14-3-2-8-23-14)17(22)19-15(10-16(20)21)12-4-6-13(18)7-5-12/h2-8,11,15H,9-10H2,1H3,(H,19,22)(H,20,21). The van der Waals surface area contributed by atoms with Gasteiger partial charge in [0.25, 0.3) is 0 Å². The molecule has 1 heterocycles. The van der Waals surface area contributed by atoms with Gasteiger partial charge in [-0.3, -0.25) is 9.59 Å². The molecule has 0 aliphatic carbocycles. The predicted molar refractivity (Wildman–Crippen MR) is 86.7 cm³/mol. The fourth-order valence-electron chi connectivity index (χ4n) is 2.26. The predicted octanol–water partition coefficient (Wildman–Crippen LogP) is 3.40. The topological polar surface area (TPSA) is 66.4 Å². The summed E-state index contributed by atoms with van der Waals surface area (Å²) in [5.74, 6) is -1.91. The molecule has 2 N–H and O–H groups in total. The van der Waals surface area contributed by atoms with E-state index in [1.54, 1.807) is 18.3 Å². The normalized spacial score (nSPS) is 13.3. The molecule has 0 aliphatic heterocycles. The zero-order valence-corrected chi connectivity index (χ0v) is 13.5. The Morgan fingerprint density at radius 1 is 1.26 bits per heavy atom. The van der Waals surface area contributed by atoms with Crippen LogP contribution in [0.4, 0.5) is 4.39 Å². The van der Waals surface area contributed by atoms with E-state index in [4.69, 9.17) is 5.11 Å². The van der Waals surface area contributed by atoms with E-state index in [1.165, 1.54) is 24.3 Å². The molecular weight excluding hydrogens is 317 g/mol. The molecule has 2 atom stereocenters. The van der Waals surface area contributed by atoms with Crippen LogP contribution in [0.1, 0.15) is 29.8 Å². The van der Waals surface area contributed by atoms with E-state index in [9.17, 15) is 14.0 Å².